The van der Waals surface area contributed by atoms with E-state index in [2.05, 4.69) is 32.8 Å². The first kappa shape index (κ1) is 24.3. The van der Waals surface area contributed by atoms with Crippen LogP contribution in [0.3, 0.4) is 0 Å². The van der Waals surface area contributed by atoms with Crippen molar-refractivity contribution in [2.75, 3.05) is 30.9 Å². The summed E-state index contributed by atoms with van der Waals surface area (Å²) in [7, 11) is 0. The number of anilines is 1. The summed E-state index contributed by atoms with van der Waals surface area (Å²) < 4.78 is 3.39. The van der Waals surface area contributed by atoms with E-state index in [9.17, 15) is 9.59 Å². The summed E-state index contributed by atoms with van der Waals surface area (Å²) in [4.78, 5) is 34.5. The summed E-state index contributed by atoms with van der Waals surface area (Å²) >= 11 is 1.55. The average molecular weight is 499 g/mol. The summed E-state index contributed by atoms with van der Waals surface area (Å²) in [6.07, 6.45) is 4.01. The van der Waals surface area contributed by atoms with Gasteiger partial charge in [-0.05, 0) is 73.2 Å². The van der Waals surface area contributed by atoms with E-state index >= 15 is 0 Å². The first-order chi connectivity index (χ1) is 17.6. The maximum absolute atomic E-state index is 13.1. The number of aryl methyl sites for hydroxylation is 1. The van der Waals surface area contributed by atoms with E-state index < -0.39 is 0 Å². The Balaban J connectivity index is 1.12. The molecule has 1 saturated heterocycles. The van der Waals surface area contributed by atoms with Crippen molar-refractivity contribution in [1.29, 1.82) is 0 Å². The molecule has 36 heavy (non-hydrogen) atoms. The molecule has 0 bridgehead atoms. The van der Waals surface area contributed by atoms with Gasteiger partial charge in [0.2, 0.25) is 0 Å². The van der Waals surface area contributed by atoms with Gasteiger partial charge in [0.05, 0.1) is 10.6 Å². The van der Waals surface area contributed by atoms with Gasteiger partial charge in [0.25, 0.3) is 5.91 Å². The summed E-state index contributed by atoms with van der Waals surface area (Å²) in [6, 6.07) is 21.8. The van der Waals surface area contributed by atoms with E-state index in [-0.39, 0.29) is 11.7 Å². The minimum atomic E-state index is 0.0751. The highest BCUT2D eigenvalue weighted by Crippen LogP contribution is 2.35. The second kappa shape index (κ2) is 11.1. The lowest BCUT2D eigenvalue weighted by molar-refractivity contribution is 0.0628. The van der Waals surface area contributed by atoms with Gasteiger partial charge in [0.15, 0.2) is 5.78 Å². The Kier molecular flexibility index (Phi) is 7.49. The van der Waals surface area contributed by atoms with Gasteiger partial charge in [-0.1, -0.05) is 36.4 Å². The van der Waals surface area contributed by atoms with Gasteiger partial charge in [0, 0.05) is 55.8 Å². The summed E-state index contributed by atoms with van der Waals surface area (Å²) in [5, 5.41) is 0. The Morgan fingerprint density at radius 3 is 2.36 bits per heavy atom. The lowest BCUT2D eigenvalue weighted by Crippen LogP contribution is -2.48. The van der Waals surface area contributed by atoms with E-state index in [0.29, 0.717) is 18.7 Å². The summed E-state index contributed by atoms with van der Waals surface area (Å²) in [5.41, 5.74) is 5.93. The van der Waals surface area contributed by atoms with Crippen LogP contribution in [0.1, 0.15) is 45.2 Å². The van der Waals surface area contributed by atoms with Gasteiger partial charge < -0.3 is 9.62 Å². The van der Waals surface area contributed by atoms with E-state index in [0.717, 1.165) is 54.3 Å². The Hall–Kier alpha value is -3.42. The number of hydrogen-bond donors (Lipinski definition) is 1. The van der Waals surface area contributed by atoms with Crippen molar-refractivity contribution in [3.8, 4) is 0 Å². The molecule has 0 saturated carbocycles. The molecular formula is C29H30N4O2S. The minimum Gasteiger partial charge on any atom is -0.336 e. The number of nitrogens with zero attached hydrogens (tertiary/aromatic N) is 3. The molecule has 3 aromatic rings. The van der Waals surface area contributed by atoms with Gasteiger partial charge in [-0.3, -0.25) is 19.5 Å². The third-order valence-corrected chi connectivity index (χ3v) is 7.57. The van der Waals surface area contributed by atoms with Crippen LogP contribution in [-0.2, 0) is 13.0 Å². The van der Waals surface area contributed by atoms with Crippen LogP contribution < -0.4 is 4.72 Å². The highest BCUT2D eigenvalue weighted by Gasteiger charge is 2.22. The molecule has 0 atom stereocenters. The molecule has 0 aliphatic carbocycles. The molecule has 2 heterocycles. The van der Waals surface area contributed by atoms with Gasteiger partial charge in [0.1, 0.15) is 0 Å². The second-order valence-electron chi connectivity index (χ2n) is 9.22. The first-order valence-electron chi connectivity index (χ1n) is 12.4. The number of rotatable bonds is 7. The standard InChI is InChI=1S/C29H30N4O2S/c1-21(34)23-9-7-22(8-10-23)20-32-16-18-33(19-17-32)29(35)25-11-13-26(14-12-25)31-36-27-6-2-4-24-5-3-15-30-28(24)27/h2,4,6-15,31H,3,5,16-20H2,1H3. The van der Waals surface area contributed by atoms with Crippen LogP contribution in [0.5, 0.6) is 0 Å². The van der Waals surface area contributed by atoms with Crippen LogP contribution in [0.15, 0.2) is 76.6 Å². The molecule has 0 aromatic heterocycles. The predicted octanol–water partition coefficient (Wildman–Crippen LogP) is 5.61. The van der Waals surface area contributed by atoms with Crippen molar-refractivity contribution in [2.24, 2.45) is 4.99 Å². The third kappa shape index (κ3) is 5.69. The molecule has 2 aliphatic heterocycles. The number of para-hydroxylation sites is 1. The molecule has 184 valence electrons. The van der Waals surface area contributed by atoms with Crippen LogP contribution in [0.25, 0.3) is 0 Å². The molecule has 0 radical (unpaired) electrons. The normalized spacial score (nSPS) is 15.4. The molecule has 7 heteroatoms. The fourth-order valence-corrected chi connectivity index (χ4v) is 5.35. The highest BCUT2D eigenvalue weighted by molar-refractivity contribution is 8.00. The van der Waals surface area contributed by atoms with Crippen LogP contribution in [-0.4, -0.2) is 53.9 Å². The Morgan fingerprint density at radius 2 is 1.64 bits per heavy atom. The van der Waals surface area contributed by atoms with E-state index in [1.54, 1.807) is 18.9 Å². The van der Waals surface area contributed by atoms with Crippen molar-refractivity contribution >= 4 is 41.2 Å². The number of aliphatic imine (C=N–C) groups is 1. The molecule has 0 spiro atoms. The van der Waals surface area contributed by atoms with Gasteiger partial charge in [-0.15, -0.1) is 0 Å². The molecule has 1 amide bonds. The number of carbonyl (C=O) groups is 2. The van der Waals surface area contributed by atoms with Crippen LogP contribution in [0, 0.1) is 0 Å². The second-order valence-corrected chi connectivity index (χ2v) is 10.1. The van der Waals surface area contributed by atoms with Crippen molar-refractivity contribution in [3.63, 3.8) is 0 Å². The maximum Gasteiger partial charge on any atom is 0.253 e. The quantitative estimate of drug-likeness (QED) is 0.339. The number of amides is 1. The molecule has 1 fully saturated rings. The number of piperazine rings is 1. The van der Waals surface area contributed by atoms with Gasteiger partial charge in [-0.2, -0.15) is 0 Å². The summed E-state index contributed by atoms with van der Waals surface area (Å²) in [5.74, 6) is 0.159. The predicted molar refractivity (Wildman–Crippen MR) is 146 cm³/mol. The van der Waals surface area contributed by atoms with E-state index in [4.69, 9.17) is 0 Å². The van der Waals surface area contributed by atoms with Crippen LogP contribution in [0.4, 0.5) is 11.4 Å². The van der Waals surface area contributed by atoms with Crippen molar-refractivity contribution in [3.05, 3.63) is 89.0 Å². The Labute approximate surface area is 216 Å². The lowest BCUT2D eigenvalue weighted by Gasteiger charge is -2.34. The molecule has 1 N–H and O–H groups in total. The smallest absolute Gasteiger partial charge is 0.253 e. The lowest BCUT2D eigenvalue weighted by atomic mass is 10.1. The minimum absolute atomic E-state index is 0.0751. The Bertz CT molecular complexity index is 1260. The largest absolute Gasteiger partial charge is 0.336 e. The highest BCUT2D eigenvalue weighted by atomic mass is 32.2. The van der Waals surface area contributed by atoms with Crippen molar-refractivity contribution in [2.45, 2.75) is 31.2 Å². The number of benzene rings is 3. The zero-order chi connectivity index (χ0) is 24.9. The number of Topliss-reactive ketones (excluding diaryl/α,β-unsaturated/α-hetero) is 1. The SMILES string of the molecule is CC(=O)c1ccc(CN2CCN(C(=O)c3ccc(NSc4cccc5c4N=CCC5)cc3)CC2)cc1. The van der Waals surface area contributed by atoms with Crippen LogP contribution >= 0.6 is 11.9 Å². The number of ketones is 1. The number of nitrogens with one attached hydrogen (secondary N) is 1. The Morgan fingerprint density at radius 1 is 0.917 bits per heavy atom. The first-order valence-corrected chi connectivity index (χ1v) is 13.2. The molecule has 3 aromatic carbocycles. The van der Waals surface area contributed by atoms with Gasteiger partial charge >= 0.3 is 0 Å². The number of hydrogen-bond acceptors (Lipinski definition) is 6. The third-order valence-electron chi connectivity index (χ3n) is 6.68. The fraction of sp³-hybridized carbons (Fsp3) is 0.276. The van der Waals surface area contributed by atoms with E-state index in [1.165, 1.54) is 11.1 Å². The monoisotopic (exact) mass is 498 g/mol. The number of carbonyl (C=O) groups excluding carboxylic acids is 2. The van der Waals surface area contributed by atoms with Gasteiger partial charge in [-0.25, -0.2) is 0 Å². The van der Waals surface area contributed by atoms with E-state index in [1.807, 2.05) is 59.6 Å². The topological polar surface area (TPSA) is 65.0 Å². The number of fused-ring (bicyclic) bond motifs is 1. The molecule has 5 rings (SSSR count). The van der Waals surface area contributed by atoms with Crippen molar-refractivity contribution < 1.29 is 9.59 Å². The molecular weight excluding hydrogens is 468 g/mol. The zero-order valence-electron chi connectivity index (χ0n) is 20.4. The van der Waals surface area contributed by atoms with Crippen LogP contribution in [0.2, 0.25) is 0 Å². The molecule has 2 aliphatic rings. The average Bonchev–Trinajstić information content (AvgIpc) is 2.92. The zero-order valence-corrected chi connectivity index (χ0v) is 21.3. The fourth-order valence-electron chi connectivity index (χ4n) is 4.56. The molecule has 0 unspecified atom stereocenters. The van der Waals surface area contributed by atoms with Crippen molar-refractivity contribution in [1.82, 2.24) is 9.80 Å². The maximum atomic E-state index is 13.1. The molecule has 6 nitrogen and oxygen atoms in total. The summed E-state index contributed by atoms with van der Waals surface area (Å²) in [6.45, 7) is 5.49.